The van der Waals surface area contributed by atoms with E-state index in [1.165, 1.54) is 19.3 Å². The second-order valence-corrected chi connectivity index (χ2v) is 8.25. The van der Waals surface area contributed by atoms with Crippen LogP contribution in [0.5, 0.6) is 0 Å². The van der Waals surface area contributed by atoms with Crippen molar-refractivity contribution >= 4 is 17.3 Å². The van der Waals surface area contributed by atoms with Crippen LogP contribution in [-0.4, -0.2) is 56.0 Å². The van der Waals surface area contributed by atoms with Crippen molar-refractivity contribution < 1.29 is 0 Å². The zero-order chi connectivity index (χ0) is 19.3. The Hall–Kier alpha value is -2.77. The Morgan fingerprint density at radius 3 is 2.64 bits per heavy atom. The Morgan fingerprint density at radius 2 is 1.93 bits per heavy atom. The van der Waals surface area contributed by atoms with Gasteiger partial charge in [0, 0.05) is 38.2 Å². The Balaban J connectivity index is 1.30. The Bertz CT molecular complexity index is 987. The highest BCUT2D eigenvalue weighted by Gasteiger charge is 2.33. The molecule has 0 radical (unpaired) electrons. The molecule has 1 saturated heterocycles. The number of hydrogen-bond acceptors (Lipinski definition) is 7. The zero-order valence-corrected chi connectivity index (χ0v) is 16.7. The molecule has 0 aromatic carbocycles. The number of likely N-dealkylation sites (N-methyl/N-ethyl adjacent to an activating group) is 1. The van der Waals surface area contributed by atoms with Crippen LogP contribution in [0, 0.1) is 0 Å². The fraction of sp³-hybridized carbons (Fsp3) is 0.550. The summed E-state index contributed by atoms with van der Waals surface area (Å²) in [7, 11) is 2.11. The van der Waals surface area contributed by atoms with Crippen LogP contribution >= 0.6 is 0 Å². The fourth-order valence-electron chi connectivity index (χ4n) is 3.80. The number of fused-ring (bicyclic) bond motifs is 1. The van der Waals surface area contributed by atoms with Gasteiger partial charge in [0.05, 0.1) is 6.04 Å². The largest absolute Gasteiger partial charge is 0.353 e. The molecule has 146 valence electrons. The van der Waals surface area contributed by atoms with E-state index in [1.807, 2.05) is 28.9 Å². The van der Waals surface area contributed by atoms with E-state index in [0.717, 1.165) is 42.0 Å². The molecule has 1 saturated carbocycles. The Kier molecular flexibility index (Phi) is 4.14. The molecular weight excluding hydrogens is 352 g/mol. The molecule has 5 rings (SSSR count). The van der Waals surface area contributed by atoms with E-state index in [1.54, 1.807) is 0 Å². The molecule has 0 atom stereocenters. The van der Waals surface area contributed by atoms with Crippen molar-refractivity contribution in [3.05, 3.63) is 36.0 Å². The number of hydrogen-bond donors (Lipinski definition) is 0. The molecule has 0 unspecified atom stereocenters. The summed E-state index contributed by atoms with van der Waals surface area (Å²) in [5.74, 6) is 4.72. The van der Waals surface area contributed by atoms with Gasteiger partial charge in [-0.15, -0.1) is 15.3 Å². The monoisotopic (exact) mass is 378 g/mol. The number of rotatable bonds is 5. The van der Waals surface area contributed by atoms with Gasteiger partial charge in [-0.2, -0.15) is 4.52 Å². The van der Waals surface area contributed by atoms with Crippen molar-refractivity contribution in [3.63, 3.8) is 0 Å². The van der Waals surface area contributed by atoms with Gasteiger partial charge in [-0.3, -0.25) is 0 Å². The van der Waals surface area contributed by atoms with Gasteiger partial charge in [0.25, 0.3) is 0 Å². The first-order valence-electron chi connectivity index (χ1n) is 10.1. The van der Waals surface area contributed by atoms with Crippen LogP contribution in [0.4, 0.5) is 11.6 Å². The summed E-state index contributed by atoms with van der Waals surface area (Å²) in [6.07, 6.45) is 5.52. The summed E-state index contributed by atoms with van der Waals surface area (Å²) in [5, 5.41) is 13.5. The van der Waals surface area contributed by atoms with E-state index >= 15 is 0 Å². The zero-order valence-electron chi connectivity index (χ0n) is 16.7. The average Bonchev–Trinajstić information content (AvgIpc) is 3.02. The van der Waals surface area contributed by atoms with Gasteiger partial charge in [-0.05, 0) is 31.0 Å². The maximum Gasteiger partial charge on any atom is 0.178 e. The minimum atomic E-state index is 0.329. The summed E-state index contributed by atoms with van der Waals surface area (Å²) < 4.78 is 1.94. The maximum atomic E-state index is 4.84. The van der Waals surface area contributed by atoms with Gasteiger partial charge < -0.3 is 9.80 Å². The molecule has 4 heterocycles. The minimum absolute atomic E-state index is 0.329. The first-order chi connectivity index (χ1) is 13.6. The van der Waals surface area contributed by atoms with Crippen molar-refractivity contribution in [2.45, 2.75) is 51.0 Å². The van der Waals surface area contributed by atoms with Gasteiger partial charge in [0.15, 0.2) is 11.5 Å². The van der Waals surface area contributed by atoms with Crippen molar-refractivity contribution in [1.82, 2.24) is 29.8 Å². The van der Waals surface area contributed by atoms with Gasteiger partial charge in [-0.1, -0.05) is 20.3 Å². The van der Waals surface area contributed by atoms with Crippen molar-refractivity contribution in [1.29, 1.82) is 0 Å². The molecule has 8 heteroatoms. The normalized spacial score (nSPS) is 17.8. The molecule has 1 aliphatic heterocycles. The molecule has 8 nitrogen and oxygen atoms in total. The summed E-state index contributed by atoms with van der Waals surface area (Å²) in [6, 6.07) is 6.47. The molecule has 0 amide bonds. The number of anilines is 2. The first-order valence-corrected chi connectivity index (χ1v) is 10.1. The van der Waals surface area contributed by atoms with E-state index in [2.05, 4.69) is 45.9 Å². The first kappa shape index (κ1) is 17.3. The summed E-state index contributed by atoms with van der Waals surface area (Å²) in [6.45, 7) is 6.09. The van der Waals surface area contributed by atoms with Crippen molar-refractivity contribution in [3.8, 4) is 0 Å². The molecule has 1 aliphatic carbocycles. The van der Waals surface area contributed by atoms with E-state index < -0.39 is 0 Å². The van der Waals surface area contributed by atoms with E-state index in [9.17, 15) is 0 Å². The second kappa shape index (κ2) is 6.68. The van der Waals surface area contributed by atoms with Gasteiger partial charge in [-0.25, -0.2) is 9.97 Å². The quantitative estimate of drug-likeness (QED) is 0.675. The molecule has 0 spiro atoms. The molecule has 3 aromatic heterocycles. The lowest BCUT2D eigenvalue weighted by atomic mass is 9.85. The molecule has 2 fully saturated rings. The summed E-state index contributed by atoms with van der Waals surface area (Å²) >= 11 is 0. The summed E-state index contributed by atoms with van der Waals surface area (Å²) in [5.41, 5.74) is 0.835. The lowest BCUT2D eigenvalue weighted by Gasteiger charge is -2.45. The third-order valence-corrected chi connectivity index (χ3v) is 6.01. The van der Waals surface area contributed by atoms with Gasteiger partial charge >= 0.3 is 0 Å². The lowest BCUT2D eigenvalue weighted by molar-refractivity contribution is 0.394. The van der Waals surface area contributed by atoms with Crippen LogP contribution in [0.2, 0.25) is 0 Å². The Morgan fingerprint density at radius 1 is 1.11 bits per heavy atom. The third kappa shape index (κ3) is 2.87. The van der Waals surface area contributed by atoms with Crippen LogP contribution in [-0.2, 0) is 0 Å². The van der Waals surface area contributed by atoms with Crippen LogP contribution in [0.25, 0.3) is 5.65 Å². The standard InChI is InChI=1S/C20H26N8/c1-13(2)19-21-10-9-16(22-19)26(3)15-11-27(12-15)18-8-7-17-23-24-20(28(17)25-18)14-5-4-6-14/h7-10,13-15H,4-6,11-12H2,1-3H3. The van der Waals surface area contributed by atoms with Gasteiger partial charge in [0.1, 0.15) is 17.5 Å². The highest BCUT2D eigenvalue weighted by molar-refractivity contribution is 5.50. The highest BCUT2D eigenvalue weighted by atomic mass is 15.4. The SMILES string of the molecule is CC(C)c1nccc(N(C)C2CN(c3ccc4nnc(C5CCC5)n4n3)C2)n1. The maximum absolute atomic E-state index is 4.84. The average molecular weight is 378 g/mol. The van der Waals surface area contributed by atoms with Crippen LogP contribution < -0.4 is 9.80 Å². The molecule has 28 heavy (non-hydrogen) atoms. The molecular formula is C20H26N8. The fourth-order valence-corrected chi connectivity index (χ4v) is 3.80. The van der Waals surface area contributed by atoms with Crippen molar-refractivity contribution in [2.75, 3.05) is 29.9 Å². The van der Waals surface area contributed by atoms with Crippen LogP contribution in [0.3, 0.4) is 0 Å². The van der Waals surface area contributed by atoms with Crippen LogP contribution in [0.15, 0.2) is 24.4 Å². The molecule has 3 aromatic rings. The smallest absolute Gasteiger partial charge is 0.178 e. The number of aromatic nitrogens is 6. The minimum Gasteiger partial charge on any atom is -0.353 e. The predicted molar refractivity (Wildman–Crippen MR) is 108 cm³/mol. The predicted octanol–water partition coefficient (Wildman–Crippen LogP) is 2.63. The van der Waals surface area contributed by atoms with E-state index in [-0.39, 0.29) is 0 Å². The van der Waals surface area contributed by atoms with Crippen molar-refractivity contribution in [2.24, 2.45) is 0 Å². The summed E-state index contributed by atoms with van der Waals surface area (Å²) in [4.78, 5) is 13.6. The highest BCUT2D eigenvalue weighted by Crippen LogP contribution is 2.35. The molecule has 0 bridgehead atoms. The van der Waals surface area contributed by atoms with Crippen LogP contribution in [0.1, 0.15) is 56.6 Å². The topological polar surface area (TPSA) is 75.3 Å². The number of nitrogens with zero attached hydrogens (tertiary/aromatic N) is 8. The van der Waals surface area contributed by atoms with Gasteiger partial charge in [0.2, 0.25) is 0 Å². The second-order valence-electron chi connectivity index (χ2n) is 8.25. The Labute approximate surface area is 164 Å². The lowest BCUT2D eigenvalue weighted by Crippen LogP contribution is -2.59. The third-order valence-electron chi connectivity index (χ3n) is 6.01. The molecule has 2 aliphatic rings. The molecule has 0 N–H and O–H groups in total. The van der Waals surface area contributed by atoms with E-state index in [0.29, 0.717) is 17.9 Å². The van der Waals surface area contributed by atoms with E-state index in [4.69, 9.17) is 10.1 Å².